The number of rotatable bonds is 6. The van der Waals surface area contributed by atoms with Gasteiger partial charge in [0.15, 0.2) is 0 Å². The number of hydrazone groups is 1. The summed E-state index contributed by atoms with van der Waals surface area (Å²) in [6, 6.07) is 17.6. The van der Waals surface area contributed by atoms with E-state index in [0.29, 0.717) is 27.0 Å². The van der Waals surface area contributed by atoms with Crippen LogP contribution < -0.4 is 15.5 Å². The Labute approximate surface area is 203 Å². The van der Waals surface area contributed by atoms with Gasteiger partial charge >= 0.3 is 11.8 Å². The molecule has 0 unspecified atom stereocenters. The molecule has 0 atom stereocenters. The summed E-state index contributed by atoms with van der Waals surface area (Å²) in [7, 11) is 0. The molecule has 0 fully saturated rings. The van der Waals surface area contributed by atoms with Crippen LogP contribution >= 0.6 is 39.1 Å². The molecule has 0 aliphatic carbocycles. The van der Waals surface area contributed by atoms with Crippen LogP contribution in [0, 0.1) is 6.92 Å². The van der Waals surface area contributed by atoms with Gasteiger partial charge in [0.05, 0.1) is 6.21 Å². The number of carbonyl (C=O) groups is 2. The minimum Gasteiger partial charge on any atom is -0.488 e. The van der Waals surface area contributed by atoms with Crippen molar-refractivity contribution >= 4 is 62.8 Å². The lowest BCUT2D eigenvalue weighted by atomic mass is 10.2. The van der Waals surface area contributed by atoms with Gasteiger partial charge in [0.2, 0.25) is 0 Å². The van der Waals surface area contributed by atoms with Crippen molar-refractivity contribution in [1.29, 1.82) is 0 Å². The smallest absolute Gasteiger partial charge is 0.329 e. The van der Waals surface area contributed by atoms with Crippen LogP contribution in [-0.2, 0) is 16.2 Å². The van der Waals surface area contributed by atoms with E-state index in [1.807, 2.05) is 19.1 Å². The summed E-state index contributed by atoms with van der Waals surface area (Å²) in [4.78, 5) is 24.1. The summed E-state index contributed by atoms with van der Waals surface area (Å²) < 4.78 is 6.65. The summed E-state index contributed by atoms with van der Waals surface area (Å²) >= 11 is 15.5. The third-order valence-corrected chi connectivity index (χ3v) is 5.30. The Kier molecular flexibility index (Phi) is 8.27. The monoisotopic (exact) mass is 533 g/mol. The zero-order valence-electron chi connectivity index (χ0n) is 16.9. The summed E-state index contributed by atoms with van der Waals surface area (Å²) in [5, 5.41) is 7.43. The van der Waals surface area contributed by atoms with Crippen molar-refractivity contribution in [1.82, 2.24) is 5.43 Å². The number of nitrogens with one attached hydrogen (secondary N) is 2. The molecule has 6 nitrogen and oxygen atoms in total. The number of amides is 2. The zero-order valence-corrected chi connectivity index (χ0v) is 20.0. The molecule has 9 heteroatoms. The molecule has 0 aromatic heterocycles. The lowest BCUT2D eigenvalue weighted by Crippen LogP contribution is -2.32. The minimum atomic E-state index is -0.895. The normalized spacial score (nSPS) is 10.8. The second kappa shape index (κ2) is 11.1. The van der Waals surface area contributed by atoms with Crippen LogP contribution in [0.25, 0.3) is 0 Å². The quantitative estimate of drug-likeness (QED) is 0.241. The summed E-state index contributed by atoms with van der Waals surface area (Å²) in [6.07, 6.45) is 1.39. The van der Waals surface area contributed by atoms with Crippen molar-refractivity contribution < 1.29 is 14.3 Å². The van der Waals surface area contributed by atoms with E-state index < -0.39 is 11.8 Å². The molecule has 0 aliphatic rings. The second-order valence-corrected chi connectivity index (χ2v) is 8.49. The van der Waals surface area contributed by atoms with E-state index in [0.717, 1.165) is 15.6 Å². The van der Waals surface area contributed by atoms with Gasteiger partial charge in [-0.3, -0.25) is 9.59 Å². The summed E-state index contributed by atoms with van der Waals surface area (Å²) in [6.45, 7) is 2.10. The van der Waals surface area contributed by atoms with Gasteiger partial charge < -0.3 is 10.1 Å². The fourth-order valence-electron chi connectivity index (χ4n) is 2.67. The van der Waals surface area contributed by atoms with Crippen LogP contribution in [0.2, 0.25) is 10.0 Å². The predicted molar refractivity (Wildman–Crippen MR) is 130 cm³/mol. The summed E-state index contributed by atoms with van der Waals surface area (Å²) in [5.74, 6) is -1.20. The maximum Gasteiger partial charge on any atom is 0.329 e. The second-order valence-electron chi connectivity index (χ2n) is 6.73. The van der Waals surface area contributed by atoms with Crippen LogP contribution in [0.5, 0.6) is 5.75 Å². The molecule has 0 radical (unpaired) electrons. The first kappa shape index (κ1) is 23.8. The molecule has 32 heavy (non-hydrogen) atoms. The predicted octanol–water partition coefficient (Wildman–Crippen LogP) is 5.73. The Morgan fingerprint density at radius 3 is 2.62 bits per heavy atom. The van der Waals surface area contributed by atoms with Crippen molar-refractivity contribution in [3.63, 3.8) is 0 Å². The van der Waals surface area contributed by atoms with E-state index in [1.165, 1.54) is 6.21 Å². The molecule has 0 saturated heterocycles. The number of aryl methyl sites for hydroxylation is 1. The fourth-order valence-corrected chi connectivity index (χ4v) is 3.51. The van der Waals surface area contributed by atoms with Crippen molar-refractivity contribution in [3.05, 3.63) is 91.9 Å². The zero-order chi connectivity index (χ0) is 23.1. The highest BCUT2D eigenvalue weighted by Gasteiger charge is 2.13. The van der Waals surface area contributed by atoms with E-state index in [1.54, 1.807) is 48.5 Å². The number of carbonyl (C=O) groups excluding carboxylic acids is 2. The van der Waals surface area contributed by atoms with E-state index in [-0.39, 0.29) is 6.61 Å². The molecule has 3 rings (SSSR count). The van der Waals surface area contributed by atoms with E-state index >= 15 is 0 Å². The van der Waals surface area contributed by atoms with Crippen molar-refractivity contribution in [2.45, 2.75) is 13.5 Å². The highest BCUT2D eigenvalue weighted by atomic mass is 79.9. The Bertz CT molecular complexity index is 1180. The first-order valence-corrected chi connectivity index (χ1v) is 10.9. The molecule has 0 heterocycles. The SMILES string of the molecule is Cc1cccc(NC(=O)C(=O)N/N=C\c2cc(Br)ccc2OCc2ccc(Cl)cc2Cl)c1. The van der Waals surface area contributed by atoms with Crippen molar-refractivity contribution in [2.75, 3.05) is 5.32 Å². The molecule has 3 aromatic rings. The highest BCUT2D eigenvalue weighted by molar-refractivity contribution is 9.10. The number of hydrogen-bond acceptors (Lipinski definition) is 4. The standard InChI is InChI=1S/C23H18BrCl2N3O3/c1-14-3-2-4-19(9-14)28-22(30)23(31)29-27-12-16-10-17(24)6-8-21(16)32-13-15-5-7-18(25)11-20(15)26/h2-12H,13H2,1H3,(H,28,30)(H,29,31)/b27-12-. The Morgan fingerprint density at radius 2 is 1.88 bits per heavy atom. The molecule has 0 spiro atoms. The maximum atomic E-state index is 12.1. The highest BCUT2D eigenvalue weighted by Crippen LogP contribution is 2.25. The van der Waals surface area contributed by atoms with Crippen molar-refractivity contribution in [3.8, 4) is 5.75 Å². The fraction of sp³-hybridized carbons (Fsp3) is 0.0870. The average molecular weight is 535 g/mol. The van der Waals surface area contributed by atoms with Crippen LogP contribution in [0.4, 0.5) is 5.69 Å². The number of ether oxygens (including phenoxy) is 1. The number of hydrogen-bond donors (Lipinski definition) is 2. The first-order chi connectivity index (χ1) is 15.3. The molecule has 164 valence electrons. The number of benzene rings is 3. The largest absolute Gasteiger partial charge is 0.488 e. The van der Waals surface area contributed by atoms with Gasteiger partial charge in [-0.05, 0) is 55.0 Å². The number of halogens is 3. The number of anilines is 1. The molecule has 0 aliphatic heterocycles. The Hall–Kier alpha value is -2.87. The van der Waals surface area contributed by atoms with Gasteiger partial charge in [-0.2, -0.15) is 5.10 Å². The Morgan fingerprint density at radius 1 is 1.06 bits per heavy atom. The van der Waals surface area contributed by atoms with E-state index in [4.69, 9.17) is 27.9 Å². The van der Waals surface area contributed by atoms with Gasteiger partial charge in [-0.15, -0.1) is 0 Å². The minimum absolute atomic E-state index is 0.212. The topological polar surface area (TPSA) is 79.8 Å². The third kappa shape index (κ3) is 6.82. The molecule has 3 aromatic carbocycles. The van der Waals surface area contributed by atoms with E-state index in [9.17, 15) is 9.59 Å². The lowest BCUT2D eigenvalue weighted by molar-refractivity contribution is -0.136. The van der Waals surface area contributed by atoms with Gasteiger partial charge in [-0.1, -0.05) is 57.3 Å². The average Bonchev–Trinajstić information content (AvgIpc) is 2.74. The van der Waals surface area contributed by atoms with Gasteiger partial charge in [0.1, 0.15) is 12.4 Å². The van der Waals surface area contributed by atoms with Gasteiger partial charge in [-0.25, -0.2) is 5.43 Å². The van der Waals surface area contributed by atoms with Crippen LogP contribution in [-0.4, -0.2) is 18.0 Å². The Balaban J connectivity index is 1.63. The first-order valence-electron chi connectivity index (χ1n) is 9.39. The van der Waals surface area contributed by atoms with Crippen LogP contribution in [0.1, 0.15) is 16.7 Å². The molecule has 0 saturated carbocycles. The molecule has 2 amide bonds. The van der Waals surface area contributed by atoms with Crippen molar-refractivity contribution in [2.24, 2.45) is 5.10 Å². The maximum absolute atomic E-state index is 12.1. The summed E-state index contributed by atoms with van der Waals surface area (Å²) in [5.41, 5.74) is 5.05. The third-order valence-electron chi connectivity index (χ3n) is 4.22. The molecule has 0 bridgehead atoms. The molecular weight excluding hydrogens is 517 g/mol. The van der Waals surface area contributed by atoms with Crippen LogP contribution in [0.15, 0.2) is 70.2 Å². The van der Waals surface area contributed by atoms with Gasteiger partial charge in [0, 0.05) is 31.3 Å². The van der Waals surface area contributed by atoms with Crippen LogP contribution in [0.3, 0.4) is 0 Å². The van der Waals surface area contributed by atoms with Gasteiger partial charge in [0.25, 0.3) is 0 Å². The lowest BCUT2D eigenvalue weighted by Gasteiger charge is -2.11. The molecule has 2 N–H and O–H groups in total. The molecular formula is C23H18BrCl2N3O3. The number of nitrogens with zero attached hydrogens (tertiary/aromatic N) is 1. The van der Waals surface area contributed by atoms with E-state index in [2.05, 4.69) is 31.8 Å².